The molecule has 0 aliphatic carbocycles. The lowest BCUT2D eigenvalue weighted by Gasteiger charge is -2.16. The predicted octanol–water partition coefficient (Wildman–Crippen LogP) is 4.30. The molecule has 0 atom stereocenters. The van der Waals surface area contributed by atoms with Crippen molar-refractivity contribution in [2.45, 2.75) is 0 Å². The van der Waals surface area contributed by atoms with Gasteiger partial charge in [0.05, 0.1) is 21.8 Å². The van der Waals surface area contributed by atoms with E-state index in [9.17, 15) is 18.8 Å². The Morgan fingerprint density at radius 1 is 0.967 bits per heavy atom. The average molecular weight is 425 g/mol. The molecule has 1 N–H and O–H groups in total. The first-order valence-electron chi connectivity index (χ1n) is 8.89. The summed E-state index contributed by atoms with van der Waals surface area (Å²) in [5.41, 5.74) is 1.22. The summed E-state index contributed by atoms with van der Waals surface area (Å²) in [6.45, 7) is -0.288. The number of nitrogens with zero attached hydrogens (tertiary/aromatic N) is 1. The van der Waals surface area contributed by atoms with E-state index in [4.69, 9.17) is 16.3 Å². The molecule has 0 aromatic heterocycles. The summed E-state index contributed by atoms with van der Waals surface area (Å²) in [5, 5.41) is 2.74. The van der Waals surface area contributed by atoms with Crippen LogP contribution in [0.25, 0.3) is 0 Å². The van der Waals surface area contributed by atoms with Crippen molar-refractivity contribution in [2.75, 3.05) is 16.8 Å². The predicted molar refractivity (Wildman–Crippen MR) is 110 cm³/mol. The molecule has 0 fully saturated rings. The van der Waals surface area contributed by atoms with Gasteiger partial charge in [0.1, 0.15) is 11.6 Å². The fourth-order valence-electron chi connectivity index (χ4n) is 3.05. The van der Waals surface area contributed by atoms with Gasteiger partial charge in [0.2, 0.25) is 0 Å². The van der Waals surface area contributed by atoms with Gasteiger partial charge in [0.15, 0.2) is 6.61 Å². The average Bonchev–Trinajstić information content (AvgIpc) is 2.99. The Labute approximate surface area is 175 Å². The maximum absolute atomic E-state index is 12.9. The van der Waals surface area contributed by atoms with Crippen molar-refractivity contribution in [3.63, 3.8) is 0 Å². The first-order chi connectivity index (χ1) is 14.4. The van der Waals surface area contributed by atoms with Crippen LogP contribution in [0.1, 0.15) is 20.7 Å². The van der Waals surface area contributed by atoms with Crippen LogP contribution in [-0.2, 0) is 4.79 Å². The lowest BCUT2D eigenvalue weighted by atomic mass is 10.1. The second-order valence-electron chi connectivity index (χ2n) is 6.45. The van der Waals surface area contributed by atoms with Crippen LogP contribution < -0.4 is 15.0 Å². The molecule has 30 heavy (non-hydrogen) atoms. The van der Waals surface area contributed by atoms with Gasteiger partial charge in [0, 0.05) is 5.69 Å². The number of carbonyl (C=O) groups excluding carboxylic acids is 3. The Bertz CT molecular complexity index is 1130. The van der Waals surface area contributed by atoms with Crippen molar-refractivity contribution in [2.24, 2.45) is 0 Å². The molecular weight excluding hydrogens is 411 g/mol. The van der Waals surface area contributed by atoms with Gasteiger partial charge in [-0.05, 0) is 54.6 Å². The van der Waals surface area contributed by atoms with E-state index >= 15 is 0 Å². The summed E-state index contributed by atoms with van der Waals surface area (Å²) in [7, 11) is 0. The number of rotatable bonds is 5. The quantitative estimate of drug-likeness (QED) is 0.620. The van der Waals surface area contributed by atoms with E-state index in [1.54, 1.807) is 24.3 Å². The normalized spacial score (nSPS) is 12.7. The Morgan fingerprint density at radius 3 is 2.20 bits per heavy atom. The lowest BCUT2D eigenvalue weighted by molar-refractivity contribution is -0.118. The number of anilines is 2. The summed E-state index contributed by atoms with van der Waals surface area (Å²) in [4.78, 5) is 38.3. The van der Waals surface area contributed by atoms with Crippen LogP contribution in [0.5, 0.6) is 5.75 Å². The molecule has 3 aromatic rings. The van der Waals surface area contributed by atoms with Crippen LogP contribution in [0, 0.1) is 5.82 Å². The fraction of sp³-hybridized carbons (Fsp3) is 0.0455. The van der Waals surface area contributed by atoms with E-state index < -0.39 is 23.5 Å². The molecule has 6 nitrogen and oxygen atoms in total. The van der Waals surface area contributed by atoms with E-state index in [1.807, 2.05) is 0 Å². The molecular formula is C22H14ClFN2O4. The van der Waals surface area contributed by atoms with Crippen LogP contribution in [-0.4, -0.2) is 24.3 Å². The summed E-state index contributed by atoms with van der Waals surface area (Å²) in [5.74, 6) is -1.42. The van der Waals surface area contributed by atoms with Crippen molar-refractivity contribution < 1.29 is 23.5 Å². The molecule has 0 spiro atoms. The highest BCUT2D eigenvalue weighted by Crippen LogP contribution is 2.34. The molecule has 0 radical (unpaired) electrons. The first kappa shape index (κ1) is 19.6. The highest BCUT2D eigenvalue weighted by molar-refractivity contribution is 6.40. The minimum absolute atomic E-state index is 0.127. The number of benzene rings is 3. The van der Waals surface area contributed by atoms with Crippen molar-refractivity contribution in [1.82, 2.24) is 0 Å². The van der Waals surface area contributed by atoms with Crippen molar-refractivity contribution >= 4 is 40.7 Å². The Morgan fingerprint density at radius 2 is 1.60 bits per heavy atom. The monoisotopic (exact) mass is 424 g/mol. The third-order valence-corrected chi connectivity index (χ3v) is 4.75. The summed E-state index contributed by atoms with van der Waals surface area (Å²) >= 11 is 6.29. The van der Waals surface area contributed by atoms with Gasteiger partial charge >= 0.3 is 0 Å². The maximum Gasteiger partial charge on any atom is 0.266 e. The highest BCUT2D eigenvalue weighted by atomic mass is 35.5. The highest BCUT2D eigenvalue weighted by Gasteiger charge is 2.37. The van der Waals surface area contributed by atoms with Gasteiger partial charge in [-0.2, -0.15) is 0 Å². The molecule has 3 amide bonds. The van der Waals surface area contributed by atoms with Crippen molar-refractivity contribution in [1.29, 1.82) is 0 Å². The van der Waals surface area contributed by atoms with Crippen LogP contribution in [0.15, 0.2) is 66.7 Å². The SMILES string of the molecule is O=C(COc1ccc(F)cc1)Nc1ccc(N2C(=O)c3ccccc3C2=O)c(Cl)c1. The van der Waals surface area contributed by atoms with Crippen molar-refractivity contribution in [3.05, 3.63) is 88.7 Å². The number of nitrogens with one attached hydrogen (secondary N) is 1. The zero-order valence-corrected chi connectivity index (χ0v) is 16.2. The maximum atomic E-state index is 12.9. The zero-order chi connectivity index (χ0) is 21.3. The molecule has 1 heterocycles. The number of ether oxygens (including phenoxy) is 1. The number of halogens is 2. The second-order valence-corrected chi connectivity index (χ2v) is 6.86. The Balaban J connectivity index is 1.45. The smallest absolute Gasteiger partial charge is 0.266 e. The van der Waals surface area contributed by atoms with Crippen LogP contribution >= 0.6 is 11.6 Å². The minimum Gasteiger partial charge on any atom is -0.484 e. The second kappa shape index (κ2) is 7.96. The number of amides is 3. The van der Waals surface area contributed by atoms with E-state index in [2.05, 4.69) is 5.32 Å². The molecule has 150 valence electrons. The first-order valence-corrected chi connectivity index (χ1v) is 9.27. The lowest BCUT2D eigenvalue weighted by Crippen LogP contribution is -2.29. The molecule has 4 rings (SSSR count). The Kier molecular flexibility index (Phi) is 5.20. The number of imide groups is 1. The van der Waals surface area contributed by atoms with E-state index in [1.165, 1.54) is 42.5 Å². The van der Waals surface area contributed by atoms with Gasteiger partial charge in [-0.15, -0.1) is 0 Å². The van der Waals surface area contributed by atoms with Crippen LogP contribution in [0.4, 0.5) is 15.8 Å². The third-order valence-electron chi connectivity index (χ3n) is 4.45. The summed E-state index contributed by atoms with van der Waals surface area (Å²) in [6.07, 6.45) is 0. The zero-order valence-electron chi connectivity index (χ0n) is 15.4. The van der Waals surface area contributed by atoms with Gasteiger partial charge in [-0.3, -0.25) is 14.4 Å². The Hall–Kier alpha value is -3.71. The molecule has 0 bridgehead atoms. The molecule has 3 aromatic carbocycles. The number of hydrogen-bond donors (Lipinski definition) is 1. The molecule has 0 saturated heterocycles. The van der Waals surface area contributed by atoms with Gasteiger partial charge in [0.25, 0.3) is 17.7 Å². The van der Waals surface area contributed by atoms with Gasteiger partial charge < -0.3 is 10.1 Å². The number of fused-ring (bicyclic) bond motifs is 1. The minimum atomic E-state index is -0.456. The fourth-order valence-corrected chi connectivity index (χ4v) is 3.32. The molecule has 0 unspecified atom stereocenters. The largest absolute Gasteiger partial charge is 0.484 e. The number of hydrogen-bond acceptors (Lipinski definition) is 4. The van der Waals surface area contributed by atoms with Gasteiger partial charge in [-0.25, -0.2) is 9.29 Å². The van der Waals surface area contributed by atoms with Gasteiger partial charge in [-0.1, -0.05) is 23.7 Å². The van der Waals surface area contributed by atoms with Crippen LogP contribution in [0.3, 0.4) is 0 Å². The van der Waals surface area contributed by atoms with E-state index in [0.29, 0.717) is 22.6 Å². The molecule has 1 aliphatic rings. The van der Waals surface area contributed by atoms with Crippen molar-refractivity contribution in [3.8, 4) is 5.75 Å². The third kappa shape index (κ3) is 3.75. The summed E-state index contributed by atoms with van der Waals surface area (Å²) in [6, 6.07) is 16.3. The van der Waals surface area contributed by atoms with Crippen LogP contribution in [0.2, 0.25) is 5.02 Å². The standard InChI is InChI=1S/C22H14ClFN2O4/c23-18-11-14(25-20(27)12-30-15-8-5-13(24)6-9-15)7-10-19(18)26-21(28)16-3-1-2-4-17(16)22(26)29/h1-11H,12H2,(H,25,27). The van der Waals surface area contributed by atoms with E-state index in [-0.39, 0.29) is 17.3 Å². The summed E-state index contributed by atoms with van der Waals surface area (Å²) < 4.78 is 18.2. The van der Waals surface area contributed by atoms with E-state index in [0.717, 1.165) is 4.90 Å². The molecule has 8 heteroatoms. The molecule has 0 saturated carbocycles. The topological polar surface area (TPSA) is 75.7 Å². The molecule has 1 aliphatic heterocycles. The number of carbonyl (C=O) groups is 3.